The van der Waals surface area contributed by atoms with Gasteiger partial charge in [-0.3, -0.25) is 38.4 Å². The number of rotatable bonds is 28. The predicted octanol–water partition coefficient (Wildman–Crippen LogP) is 18.7. The number of ketones is 9. The average Bonchev–Trinajstić information content (AvgIpc) is 2.74. The van der Waals surface area contributed by atoms with Crippen molar-refractivity contribution in [2.45, 2.75) is 257 Å². The second kappa shape index (κ2) is 56.4. The van der Waals surface area contributed by atoms with Crippen molar-refractivity contribution in [1.29, 1.82) is 0 Å². The zero-order chi connectivity index (χ0) is 72.3. The molecule has 0 saturated heterocycles. The van der Waals surface area contributed by atoms with E-state index in [-0.39, 0.29) is 46.9 Å². The van der Waals surface area contributed by atoms with Crippen molar-refractivity contribution in [3.8, 4) is 0 Å². The number of aliphatic hydroxyl groups is 1. The summed E-state index contributed by atoms with van der Waals surface area (Å²) in [7, 11) is 0. The number of Topliss-reactive ketones (excluding diaryl/α,β-unsaturated/α-hetero) is 9. The Labute approximate surface area is 560 Å². The van der Waals surface area contributed by atoms with E-state index in [1.165, 1.54) is 6.33 Å². The maximum absolute atomic E-state index is 11.5. The minimum Gasteiger partial charge on any atom is -0.389 e. The number of carbonyl (C=O) groups excluding carboxylic acids is 9. The van der Waals surface area contributed by atoms with Gasteiger partial charge in [0.2, 0.25) is 0 Å². The molecule has 0 aliphatic rings. The Kier molecular flexibility index (Phi) is 58.0. The summed E-state index contributed by atoms with van der Waals surface area (Å²) in [4.78, 5) is 113. The summed E-state index contributed by atoms with van der Waals surface area (Å²) in [6.07, 6.45) is 14.2. The maximum Gasteiger partial charge on any atom is 0.180 e. The molecular formula is C78H132N4O10. The fourth-order valence-corrected chi connectivity index (χ4v) is 7.88. The Balaban J connectivity index is -0.000000310. The van der Waals surface area contributed by atoms with Crippen molar-refractivity contribution in [2.24, 2.45) is 70.5 Å². The molecule has 14 heteroatoms. The van der Waals surface area contributed by atoms with E-state index in [2.05, 4.69) is 103 Å². The molecule has 0 bridgehead atoms. The summed E-state index contributed by atoms with van der Waals surface area (Å²) in [6.45, 7) is 52.1. The minimum atomic E-state index is -0.307. The largest absolute Gasteiger partial charge is 0.389 e. The fraction of sp³-hybridized carbons (Fsp3) is 0.654. The number of nitrogens with one attached hydrogen (secondary N) is 2. The molecule has 0 aliphatic carbocycles. The van der Waals surface area contributed by atoms with Crippen LogP contribution in [0.5, 0.6) is 0 Å². The van der Waals surface area contributed by atoms with Gasteiger partial charge in [-0.15, -0.1) is 0 Å². The van der Waals surface area contributed by atoms with Gasteiger partial charge >= 0.3 is 0 Å². The number of nitrogens with zero attached hydrogens (tertiary/aromatic N) is 2. The first-order valence-electron chi connectivity index (χ1n) is 33.8. The van der Waals surface area contributed by atoms with Crippen LogP contribution in [0.2, 0.25) is 0 Å². The molecule has 0 aliphatic heterocycles. The average molecular weight is 1290 g/mol. The number of carbonyl (C=O) groups is 9. The molecule has 0 spiro atoms. The highest BCUT2D eigenvalue weighted by Gasteiger charge is 2.21. The van der Waals surface area contributed by atoms with Gasteiger partial charge < -0.3 is 19.9 Å². The molecule has 92 heavy (non-hydrogen) atoms. The highest BCUT2D eigenvalue weighted by molar-refractivity contribution is 5.96. The van der Waals surface area contributed by atoms with Gasteiger partial charge in [-0.05, 0) is 71.7 Å². The van der Waals surface area contributed by atoms with Crippen LogP contribution < -0.4 is 0 Å². The summed E-state index contributed by atoms with van der Waals surface area (Å²) < 4.78 is 0. The first-order valence-corrected chi connectivity index (χ1v) is 33.8. The predicted molar refractivity (Wildman–Crippen MR) is 383 cm³/mol. The molecule has 524 valence electrons. The molecule has 4 aromatic rings. The van der Waals surface area contributed by atoms with Crippen molar-refractivity contribution in [3.05, 3.63) is 108 Å². The molecule has 0 saturated carbocycles. The maximum atomic E-state index is 11.5. The lowest BCUT2D eigenvalue weighted by Crippen LogP contribution is -2.21. The summed E-state index contributed by atoms with van der Waals surface area (Å²) in [5.41, 5.74) is 3.31. The van der Waals surface area contributed by atoms with Crippen LogP contribution in [0.15, 0.2) is 85.7 Å². The summed E-state index contributed by atoms with van der Waals surface area (Å²) in [5.74, 6) is 7.27. The van der Waals surface area contributed by atoms with Crippen molar-refractivity contribution in [2.75, 3.05) is 6.61 Å². The molecule has 0 radical (unpaired) electrons. The number of hydrogen-bond donors (Lipinski definition) is 3. The van der Waals surface area contributed by atoms with Gasteiger partial charge in [-0.2, -0.15) is 0 Å². The van der Waals surface area contributed by atoms with Gasteiger partial charge in [0, 0.05) is 106 Å². The lowest BCUT2D eigenvalue weighted by molar-refractivity contribution is -0.127. The van der Waals surface area contributed by atoms with E-state index >= 15 is 0 Å². The molecule has 14 nitrogen and oxygen atoms in total. The zero-order valence-corrected chi connectivity index (χ0v) is 62.6. The number of imidazole rings is 2. The third-order valence-electron chi connectivity index (χ3n) is 12.0. The Hall–Kier alpha value is -6.15. The monoisotopic (exact) mass is 1280 g/mol. The molecule has 0 amide bonds. The molecule has 0 unspecified atom stereocenters. The molecule has 2 aromatic heterocycles. The minimum absolute atomic E-state index is 0.0694. The van der Waals surface area contributed by atoms with E-state index in [4.69, 9.17) is 5.11 Å². The highest BCUT2D eigenvalue weighted by atomic mass is 16.3. The van der Waals surface area contributed by atoms with Crippen LogP contribution in [0.25, 0.3) is 0 Å². The van der Waals surface area contributed by atoms with E-state index in [9.17, 15) is 43.2 Å². The normalized spacial score (nSPS) is 10.6. The van der Waals surface area contributed by atoms with Crippen LogP contribution in [0.3, 0.4) is 0 Å². The van der Waals surface area contributed by atoms with Gasteiger partial charge in [0.05, 0.1) is 18.9 Å². The number of aromatic nitrogens is 4. The Bertz CT molecular complexity index is 2500. The Morgan fingerprint density at radius 2 is 0.761 bits per heavy atom. The van der Waals surface area contributed by atoms with Crippen LogP contribution in [-0.4, -0.2) is 83.7 Å². The smallest absolute Gasteiger partial charge is 0.180 e. The summed E-state index contributed by atoms with van der Waals surface area (Å²) >= 11 is 0. The van der Waals surface area contributed by atoms with Crippen LogP contribution in [0, 0.1) is 70.5 Å². The summed E-state index contributed by atoms with van der Waals surface area (Å²) in [6, 6.07) is 19.4. The zero-order valence-electron chi connectivity index (χ0n) is 62.6. The van der Waals surface area contributed by atoms with Gasteiger partial charge in [-0.25, -0.2) is 9.97 Å². The molecule has 0 atom stereocenters. The van der Waals surface area contributed by atoms with Crippen LogP contribution >= 0.6 is 0 Å². The Morgan fingerprint density at radius 1 is 0.402 bits per heavy atom. The first-order chi connectivity index (χ1) is 42.4. The molecular weight excluding hydrogens is 1150 g/mol. The van der Waals surface area contributed by atoms with Crippen LogP contribution in [0.4, 0.5) is 0 Å². The quantitative estimate of drug-likeness (QED) is 0.0451. The SMILES string of the molecule is CC(=O)CC(C)C.CC(C)CC(=O)C(C)(C)C.CC(C)CC(=O)C(C)C.CC(C)CC(=O)CC(C)C.CC(C)CC(=O)CO.CC(C)CC(=O)Cc1ccccc1.CC(C)CC(=O)Cc1cnc[nH]1.CC(C)CC(=O)c1ccccc1.CC(C)CC(=O)c1cnc[nH]1. The second-order valence-electron chi connectivity index (χ2n) is 29.4. The second-order valence-corrected chi connectivity index (χ2v) is 29.4. The standard InChI is InChI=1S/C12H16O.C11H14O.C9H14N2O.2C9H18O.C8H12N2O.C8H16O.C6H12O2.C6H12O/c1-10(2)8-12(13)9-11-6-4-3-5-7-11;1-9(2)8-11(12)10-6-4-3-5-7-10;1-7(2)3-9(12)4-8-5-10-6-11-8;1-7(2)6-8(10)9(3,4)5;1-7(2)5-9(10)6-8(3)4;1-6(2)3-8(11)7-4-9-5-10-7;1-6(2)5-8(9)7(3)4;1-5(2)3-6(8)4-7;1-5(2)4-6(3)7/h3-7,10H,8-9H2,1-2H3;3-7,9H,8H2,1-2H3;5-7H,3-4H2,1-2H3,(H,10,11);7H,6H2,1-5H3;7-8H,5-6H2,1-4H3;4-6H,3H2,1-2H3,(H,9,10);6-7H,5H2,1-4H3;5,7H,3-4H2,1-2H3;5H,4H2,1-3H3. The van der Waals surface area contributed by atoms with Crippen molar-refractivity contribution < 1.29 is 48.3 Å². The van der Waals surface area contributed by atoms with Crippen molar-refractivity contribution >= 4 is 52.0 Å². The van der Waals surface area contributed by atoms with Gasteiger partial charge in [0.25, 0.3) is 0 Å². The molecule has 4 rings (SSSR count). The lowest BCUT2D eigenvalue weighted by atomic mass is 9.86. The van der Waals surface area contributed by atoms with E-state index < -0.39 is 0 Å². The van der Waals surface area contributed by atoms with Gasteiger partial charge in [-0.1, -0.05) is 234 Å². The number of benzene rings is 2. The molecule has 2 aromatic carbocycles. The topological polar surface area (TPSA) is 231 Å². The first kappa shape index (κ1) is 94.6. The van der Waals surface area contributed by atoms with Gasteiger partial charge in [0.1, 0.15) is 47.0 Å². The van der Waals surface area contributed by atoms with Crippen molar-refractivity contribution in [1.82, 2.24) is 19.9 Å². The number of H-pyrrole nitrogens is 2. The number of aromatic amines is 2. The van der Waals surface area contributed by atoms with E-state index in [1.54, 1.807) is 25.6 Å². The number of hydrogen-bond acceptors (Lipinski definition) is 12. The van der Waals surface area contributed by atoms with Gasteiger partial charge in [0.15, 0.2) is 17.3 Å². The molecule has 3 N–H and O–H groups in total. The summed E-state index contributed by atoms with van der Waals surface area (Å²) in [5, 5.41) is 8.23. The van der Waals surface area contributed by atoms with Crippen LogP contribution in [0.1, 0.15) is 276 Å². The number of aliphatic hydroxyl groups excluding tert-OH is 1. The van der Waals surface area contributed by atoms with E-state index in [0.29, 0.717) is 139 Å². The highest BCUT2D eigenvalue weighted by Crippen LogP contribution is 2.19. The fourth-order valence-electron chi connectivity index (χ4n) is 7.88. The van der Waals surface area contributed by atoms with E-state index in [0.717, 1.165) is 42.5 Å². The third-order valence-corrected chi connectivity index (χ3v) is 12.0. The molecule has 0 fully saturated rings. The Morgan fingerprint density at radius 3 is 1.05 bits per heavy atom. The third kappa shape index (κ3) is 68.2. The van der Waals surface area contributed by atoms with Crippen molar-refractivity contribution in [3.63, 3.8) is 0 Å². The lowest BCUT2D eigenvalue weighted by Gasteiger charge is -2.17. The molecule has 2 heterocycles. The van der Waals surface area contributed by atoms with E-state index in [1.807, 2.05) is 151 Å². The van der Waals surface area contributed by atoms with Crippen LogP contribution in [-0.2, 0) is 46.4 Å².